The van der Waals surface area contributed by atoms with Gasteiger partial charge in [0.25, 0.3) is 0 Å². The van der Waals surface area contributed by atoms with E-state index in [0.717, 1.165) is 18.5 Å². The molecule has 3 atom stereocenters. The first-order valence-electron chi connectivity index (χ1n) is 10.6. The second kappa shape index (κ2) is 7.76. The smallest absolute Gasteiger partial charge is 0.315 e. The quantitative estimate of drug-likeness (QED) is 0.816. The second-order valence-corrected chi connectivity index (χ2v) is 9.46. The maximum atomic E-state index is 12.5. The Labute approximate surface area is 172 Å². The monoisotopic (exact) mass is 401 g/mol. The van der Waals surface area contributed by atoms with Gasteiger partial charge in [0, 0.05) is 30.8 Å². The van der Waals surface area contributed by atoms with Crippen LogP contribution in [0.5, 0.6) is 11.5 Å². The van der Waals surface area contributed by atoms with E-state index in [1.54, 1.807) is 4.90 Å². The van der Waals surface area contributed by atoms with Crippen LogP contribution in [0.3, 0.4) is 0 Å². The normalized spacial score (nSPS) is 28.2. The van der Waals surface area contributed by atoms with Gasteiger partial charge in [-0.1, -0.05) is 20.8 Å². The number of nitrogens with zero attached hydrogens (tertiary/aromatic N) is 1. The summed E-state index contributed by atoms with van der Waals surface area (Å²) in [6, 6.07) is 5.32. The molecule has 2 aliphatic heterocycles. The van der Waals surface area contributed by atoms with Gasteiger partial charge in [0.15, 0.2) is 11.5 Å². The lowest BCUT2D eigenvalue weighted by Crippen LogP contribution is -2.50. The number of hydrogen-bond donors (Lipinski definition) is 2. The molecule has 2 fully saturated rings. The fourth-order valence-corrected chi connectivity index (χ4v) is 5.12. The third kappa shape index (κ3) is 4.60. The molecule has 1 saturated heterocycles. The number of anilines is 1. The number of amides is 3. The Balaban J connectivity index is 1.34. The molecular formula is C22H31N3O4. The van der Waals surface area contributed by atoms with E-state index in [0.29, 0.717) is 43.6 Å². The molecular weight excluding hydrogens is 370 g/mol. The molecule has 0 bridgehead atoms. The van der Waals surface area contributed by atoms with Crippen molar-refractivity contribution in [1.82, 2.24) is 10.6 Å². The van der Waals surface area contributed by atoms with E-state index in [9.17, 15) is 9.59 Å². The summed E-state index contributed by atoms with van der Waals surface area (Å²) in [7, 11) is 0. The fourth-order valence-electron chi connectivity index (χ4n) is 5.12. The van der Waals surface area contributed by atoms with Crippen LogP contribution in [0.25, 0.3) is 0 Å². The zero-order chi connectivity index (χ0) is 20.6. The van der Waals surface area contributed by atoms with Gasteiger partial charge in [-0.05, 0) is 42.7 Å². The van der Waals surface area contributed by atoms with Gasteiger partial charge in [-0.2, -0.15) is 0 Å². The second-order valence-electron chi connectivity index (χ2n) is 9.46. The maximum Gasteiger partial charge on any atom is 0.315 e. The minimum absolute atomic E-state index is 0.000556. The van der Waals surface area contributed by atoms with E-state index >= 15 is 0 Å². The van der Waals surface area contributed by atoms with Crippen molar-refractivity contribution in [3.8, 4) is 11.5 Å². The summed E-state index contributed by atoms with van der Waals surface area (Å²) in [5, 5.41) is 6.12. The molecule has 2 heterocycles. The van der Waals surface area contributed by atoms with Crippen LogP contribution in [-0.4, -0.2) is 43.8 Å². The minimum Gasteiger partial charge on any atom is -0.486 e. The van der Waals surface area contributed by atoms with Crippen LogP contribution in [-0.2, 0) is 4.79 Å². The number of carbonyl (C=O) groups excluding carboxylic acids is 2. The number of hydrogen-bond acceptors (Lipinski definition) is 4. The molecule has 0 unspecified atom stereocenters. The van der Waals surface area contributed by atoms with Crippen LogP contribution in [0.15, 0.2) is 18.2 Å². The van der Waals surface area contributed by atoms with Crippen LogP contribution in [0, 0.1) is 11.3 Å². The van der Waals surface area contributed by atoms with Gasteiger partial charge in [0.1, 0.15) is 13.2 Å². The summed E-state index contributed by atoms with van der Waals surface area (Å²) < 4.78 is 11.2. The van der Waals surface area contributed by atoms with Gasteiger partial charge in [-0.25, -0.2) is 4.79 Å². The lowest BCUT2D eigenvalue weighted by molar-refractivity contribution is -0.117. The number of ether oxygens (including phenoxy) is 2. The molecule has 2 N–H and O–H groups in total. The minimum atomic E-state index is -0.204. The lowest BCUT2D eigenvalue weighted by atomic mass is 9.71. The number of benzene rings is 1. The number of urea groups is 1. The molecule has 1 saturated carbocycles. The number of nitrogens with one attached hydrogen (secondary N) is 2. The number of fused-ring (bicyclic) bond motifs is 1. The third-order valence-corrected chi connectivity index (χ3v) is 6.02. The zero-order valence-corrected chi connectivity index (χ0v) is 17.5. The predicted octanol–water partition coefficient (Wildman–Crippen LogP) is 3.08. The Bertz CT molecular complexity index is 794. The van der Waals surface area contributed by atoms with Gasteiger partial charge in [-0.3, -0.25) is 4.79 Å². The molecule has 7 nitrogen and oxygen atoms in total. The van der Waals surface area contributed by atoms with Crippen molar-refractivity contribution in [2.24, 2.45) is 11.3 Å². The van der Waals surface area contributed by atoms with Crippen LogP contribution >= 0.6 is 0 Å². The molecule has 3 aliphatic rings. The Kier molecular flexibility index (Phi) is 5.32. The van der Waals surface area contributed by atoms with E-state index in [2.05, 4.69) is 31.4 Å². The highest BCUT2D eigenvalue weighted by Gasteiger charge is 2.35. The highest BCUT2D eigenvalue weighted by Crippen LogP contribution is 2.38. The Morgan fingerprint density at radius 2 is 1.83 bits per heavy atom. The van der Waals surface area contributed by atoms with Gasteiger partial charge < -0.3 is 25.0 Å². The van der Waals surface area contributed by atoms with E-state index in [4.69, 9.17) is 9.47 Å². The standard InChI is InChI=1S/C22H31N3O4/c1-14-8-15(12-22(2,3)11-14)23-21(27)24-16-9-20(26)25(13-16)17-4-5-18-19(10-17)29-7-6-28-18/h4-5,10,14-16H,6-9,11-13H2,1-3H3,(H2,23,24,27)/t14-,15+,16+/m0/s1. The van der Waals surface area contributed by atoms with E-state index in [1.165, 1.54) is 6.42 Å². The highest BCUT2D eigenvalue weighted by molar-refractivity contribution is 5.97. The fraction of sp³-hybridized carbons (Fsp3) is 0.636. The molecule has 29 heavy (non-hydrogen) atoms. The van der Waals surface area contributed by atoms with Crippen molar-refractivity contribution >= 4 is 17.6 Å². The van der Waals surface area contributed by atoms with Crippen molar-refractivity contribution in [3.05, 3.63) is 18.2 Å². The molecule has 158 valence electrons. The van der Waals surface area contributed by atoms with Gasteiger partial charge in [-0.15, -0.1) is 0 Å². The SMILES string of the molecule is C[C@H]1C[C@@H](NC(=O)N[C@@H]2CC(=O)N(c3ccc4c(c3)OCCO4)C2)CC(C)(C)C1. The largest absolute Gasteiger partial charge is 0.486 e. The summed E-state index contributed by atoms with van der Waals surface area (Å²) in [4.78, 5) is 26.8. The molecule has 1 aromatic carbocycles. The Hall–Kier alpha value is -2.44. The molecule has 1 aromatic rings. The van der Waals surface area contributed by atoms with Gasteiger partial charge in [0.2, 0.25) is 5.91 Å². The van der Waals surface area contributed by atoms with Crippen molar-refractivity contribution in [2.75, 3.05) is 24.7 Å². The summed E-state index contributed by atoms with van der Waals surface area (Å²) in [6.07, 6.45) is 3.48. The van der Waals surface area contributed by atoms with Gasteiger partial charge in [0.05, 0.1) is 6.04 Å². The predicted molar refractivity (Wildman–Crippen MR) is 110 cm³/mol. The van der Waals surface area contributed by atoms with Crippen LogP contribution in [0.2, 0.25) is 0 Å². The van der Waals surface area contributed by atoms with E-state index in [-0.39, 0.29) is 29.4 Å². The summed E-state index contributed by atoms with van der Waals surface area (Å²) in [6.45, 7) is 8.26. The summed E-state index contributed by atoms with van der Waals surface area (Å²) >= 11 is 0. The average Bonchev–Trinajstić information content (AvgIpc) is 2.99. The maximum absolute atomic E-state index is 12.5. The number of rotatable bonds is 3. The first kappa shape index (κ1) is 19.9. The lowest BCUT2D eigenvalue weighted by Gasteiger charge is -2.39. The molecule has 0 aromatic heterocycles. The number of carbonyl (C=O) groups is 2. The van der Waals surface area contributed by atoms with Crippen molar-refractivity contribution in [1.29, 1.82) is 0 Å². The molecule has 0 spiro atoms. The van der Waals surface area contributed by atoms with Crippen molar-refractivity contribution in [2.45, 2.75) is 58.5 Å². The van der Waals surface area contributed by atoms with Crippen LogP contribution in [0.1, 0.15) is 46.5 Å². The molecule has 4 rings (SSSR count). The van der Waals surface area contributed by atoms with Crippen LogP contribution < -0.4 is 25.0 Å². The molecule has 1 aliphatic carbocycles. The Morgan fingerprint density at radius 3 is 2.59 bits per heavy atom. The zero-order valence-electron chi connectivity index (χ0n) is 17.5. The molecule has 0 radical (unpaired) electrons. The highest BCUT2D eigenvalue weighted by atomic mass is 16.6. The van der Waals surface area contributed by atoms with Gasteiger partial charge >= 0.3 is 6.03 Å². The molecule has 7 heteroatoms. The topological polar surface area (TPSA) is 79.9 Å². The Morgan fingerprint density at radius 1 is 1.10 bits per heavy atom. The third-order valence-electron chi connectivity index (χ3n) is 6.02. The first-order valence-corrected chi connectivity index (χ1v) is 10.6. The summed E-state index contributed by atoms with van der Waals surface area (Å²) in [5.41, 5.74) is 1.01. The average molecular weight is 402 g/mol. The van der Waals surface area contributed by atoms with Crippen LogP contribution in [0.4, 0.5) is 10.5 Å². The first-order chi connectivity index (χ1) is 13.8. The van der Waals surface area contributed by atoms with Crippen molar-refractivity contribution < 1.29 is 19.1 Å². The summed E-state index contributed by atoms with van der Waals surface area (Å²) in [5.74, 6) is 1.96. The van der Waals surface area contributed by atoms with E-state index < -0.39 is 0 Å². The van der Waals surface area contributed by atoms with E-state index in [1.807, 2.05) is 18.2 Å². The molecule has 3 amide bonds. The van der Waals surface area contributed by atoms with Crippen molar-refractivity contribution in [3.63, 3.8) is 0 Å².